The number of anilines is 1. The summed E-state index contributed by atoms with van der Waals surface area (Å²) in [5.41, 5.74) is 1.95. The maximum absolute atomic E-state index is 12.7. The van der Waals surface area contributed by atoms with E-state index in [-0.39, 0.29) is 12.0 Å². The van der Waals surface area contributed by atoms with Gasteiger partial charge in [-0.25, -0.2) is 0 Å². The zero-order chi connectivity index (χ0) is 19.3. The van der Waals surface area contributed by atoms with E-state index in [2.05, 4.69) is 10.3 Å². The van der Waals surface area contributed by atoms with Crippen LogP contribution >= 0.6 is 0 Å². The summed E-state index contributed by atoms with van der Waals surface area (Å²) in [6, 6.07) is 14.5. The molecule has 0 radical (unpaired) electrons. The molecule has 144 valence electrons. The van der Waals surface area contributed by atoms with Crippen LogP contribution in [0.15, 0.2) is 54.7 Å². The van der Waals surface area contributed by atoms with E-state index in [1.807, 2.05) is 18.2 Å². The van der Waals surface area contributed by atoms with Crippen molar-refractivity contribution in [2.75, 3.05) is 25.6 Å². The summed E-state index contributed by atoms with van der Waals surface area (Å²) < 4.78 is 16.6. The molecule has 2 heterocycles. The topological polar surface area (TPSA) is 69.7 Å². The zero-order valence-electron chi connectivity index (χ0n) is 15.7. The summed E-state index contributed by atoms with van der Waals surface area (Å²) >= 11 is 0. The van der Waals surface area contributed by atoms with Crippen molar-refractivity contribution in [1.29, 1.82) is 0 Å². The maximum atomic E-state index is 12.7. The number of nitrogens with one attached hydrogen (secondary N) is 1. The van der Waals surface area contributed by atoms with Crippen LogP contribution in [0.2, 0.25) is 0 Å². The minimum atomic E-state index is -0.194. The standard InChI is InChI=1S/C22H22N2O4/c1-26-20-11-10-19(18-5-2-12-23-21(18)20)24-22(25)15-6-8-16(9-7-15)28-14-17-4-3-13-27-17/h2,5-12,17H,3-4,13-14H2,1H3,(H,24,25). The van der Waals surface area contributed by atoms with Gasteiger partial charge >= 0.3 is 0 Å². The summed E-state index contributed by atoms with van der Waals surface area (Å²) in [6.45, 7) is 1.35. The molecule has 6 nitrogen and oxygen atoms in total. The smallest absolute Gasteiger partial charge is 0.255 e. The lowest BCUT2D eigenvalue weighted by Crippen LogP contribution is -2.16. The number of amides is 1. The van der Waals surface area contributed by atoms with Gasteiger partial charge in [0, 0.05) is 23.8 Å². The normalized spacial score (nSPS) is 16.1. The van der Waals surface area contributed by atoms with E-state index in [1.54, 1.807) is 43.6 Å². The molecule has 28 heavy (non-hydrogen) atoms. The van der Waals surface area contributed by atoms with Crippen molar-refractivity contribution in [2.24, 2.45) is 0 Å². The number of carbonyl (C=O) groups excluding carboxylic acids is 1. The molecular formula is C22H22N2O4. The number of aromatic nitrogens is 1. The number of fused-ring (bicyclic) bond motifs is 1. The Morgan fingerprint density at radius 3 is 2.82 bits per heavy atom. The third-order valence-electron chi connectivity index (χ3n) is 4.78. The van der Waals surface area contributed by atoms with Crippen molar-refractivity contribution in [3.8, 4) is 11.5 Å². The molecule has 0 saturated carbocycles. The fourth-order valence-corrected chi connectivity index (χ4v) is 3.28. The molecule has 1 aliphatic rings. The molecule has 1 aliphatic heterocycles. The molecule has 0 spiro atoms. The number of hydrogen-bond donors (Lipinski definition) is 1. The molecule has 1 fully saturated rings. The number of carbonyl (C=O) groups is 1. The molecule has 1 unspecified atom stereocenters. The van der Waals surface area contributed by atoms with Gasteiger partial charge in [0.25, 0.3) is 5.91 Å². The monoisotopic (exact) mass is 378 g/mol. The van der Waals surface area contributed by atoms with Crippen molar-refractivity contribution >= 4 is 22.5 Å². The number of nitrogens with zero attached hydrogens (tertiary/aromatic N) is 1. The first-order valence-corrected chi connectivity index (χ1v) is 9.32. The van der Waals surface area contributed by atoms with E-state index in [0.717, 1.165) is 30.6 Å². The number of hydrogen-bond acceptors (Lipinski definition) is 5. The molecule has 0 bridgehead atoms. The number of rotatable bonds is 6. The highest BCUT2D eigenvalue weighted by Gasteiger charge is 2.16. The average molecular weight is 378 g/mol. The van der Waals surface area contributed by atoms with Crippen LogP contribution < -0.4 is 14.8 Å². The van der Waals surface area contributed by atoms with Crippen LogP contribution in [0.1, 0.15) is 23.2 Å². The Kier molecular flexibility index (Phi) is 5.39. The van der Waals surface area contributed by atoms with Crippen molar-refractivity contribution in [1.82, 2.24) is 4.98 Å². The van der Waals surface area contributed by atoms with E-state index in [9.17, 15) is 4.79 Å². The van der Waals surface area contributed by atoms with Crippen LogP contribution in [-0.2, 0) is 4.74 Å². The Hall–Kier alpha value is -3.12. The second-order valence-corrected chi connectivity index (χ2v) is 6.64. The summed E-state index contributed by atoms with van der Waals surface area (Å²) in [5, 5.41) is 3.78. The predicted molar refractivity (Wildman–Crippen MR) is 107 cm³/mol. The second-order valence-electron chi connectivity index (χ2n) is 6.64. The van der Waals surface area contributed by atoms with E-state index in [4.69, 9.17) is 14.2 Å². The lowest BCUT2D eigenvalue weighted by Gasteiger charge is -2.12. The van der Waals surface area contributed by atoms with Crippen molar-refractivity contribution < 1.29 is 19.0 Å². The Morgan fingerprint density at radius 2 is 2.07 bits per heavy atom. The van der Waals surface area contributed by atoms with E-state index in [0.29, 0.717) is 29.1 Å². The lowest BCUT2D eigenvalue weighted by atomic mass is 10.1. The molecule has 3 aromatic rings. The van der Waals surface area contributed by atoms with E-state index < -0.39 is 0 Å². The molecule has 1 saturated heterocycles. The average Bonchev–Trinajstić information content (AvgIpc) is 3.26. The highest BCUT2D eigenvalue weighted by atomic mass is 16.5. The largest absolute Gasteiger partial charge is 0.494 e. The lowest BCUT2D eigenvalue weighted by molar-refractivity contribution is 0.0679. The van der Waals surface area contributed by atoms with Crippen LogP contribution in [0, 0.1) is 0 Å². The van der Waals surface area contributed by atoms with Gasteiger partial charge in [-0.15, -0.1) is 0 Å². The second kappa shape index (κ2) is 8.27. The first-order chi connectivity index (χ1) is 13.7. The van der Waals surface area contributed by atoms with Gasteiger partial charge in [0.1, 0.15) is 23.6 Å². The van der Waals surface area contributed by atoms with Crippen LogP contribution in [-0.4, -0.2) is 37.3 Å². The molecule has 4 rings (SSSR count). The Labute approximate surface area is 163 Å². The number of ether oxygens (including phenoxy) is 3. The third kappa shape index (κ3) is 3.92. The number of methoxy groups -OCH3 is 1. The third-order valence-corrected chi connectivity index (χ3v) is 4.78. The molecule has 0 aliphatic carbocycles. The van der Waals surface area contributed by atoms with Crippen molar-refractivity contribution in [3.05, 3.63) is 60.3 Å². The summed E-state index contributed by atoms with van der Waals surface area (Å²) in [7, 11) is 1.60. The van der Waals surface area contributed by atoms with Crippen molar-refractivity contribution in [3.63, 3.8) is 0 Å². The number of pyridine rings is 1. The Morgan fingerprint density at radius 1 is 1.21 bits per heavy atom. The molecule has 1 amide bonds. The zero-order valence-corrected chi connectivity index (χ0v) is 15.7. The first-order valence-electron chi connectivity index (χ1n) is 9.32. The van der Waals surface area contributed by atoms with E-state index in [1.165, 1.54) is 0 Å². The first kappa shape index (κ1) is 18.3. The van der Waals surface area contributed by atoms with E-state index >= 15 is 0 Å². The maximum Gasteiger partial charge on any atom is 0.255 e. The predicted octanol–water partition coefficient (Wildman–Crippen LogP) is 4.05. The summed E-state index contributed by atoms with van der Waals surface area (Å²) in [5.74, 6) is 1.20. The molecule has 1 N–H and O–H groups in total. The van der Waals surface area contributed by atoms with Gasteiger partial charge in [0.15, 0.2) is 0 Å². The van der Waals surface area contributed by atoms with Gasteiger partial charge in [0.2, 0.25) is 0 Å². The van der Waals surface area contributed by atoms with Crippen LogP contribution in [0.4, 0.5) is 5.69 Å². The van der Waals surface area contributed by atoms with Gasteiger partial charge < -0.3 is 19.5 Å². The van der Waals surface area contributed by atoms with Crippen LogP contribution in [0.25, 0.3) is 10.9 Å². The van der Waals surface area contributed by atoms with Gasteiger partial charge in [-0.05, 0) is 61.4 Å². The highest BCUT2D eigenvalue weighted by Crippen LogP contribution is 2.30. The van der Waals surface area contributed by atoms with Crippen LogP contribution in [0.5, 0.6) is 11.5 Å². The summed E-state index contributed by atoms with van der Waals surface area (Å²) in [6.07, 6.45) is 3.99. The molecule has 1 atom stereocenters. The highest BCUT2D eigenvalue weighted by molar-refractivity contribution is 6.09. The summed E-state index contributed by atoms with van der Waals surface area (Å²) in [4.78, 5) is 17.0. The molecule has 6 heteroatoms. The number of benzene rings is 2. The van der Waals surface area contributed by atoms with Crippen molar-refractivity contribution in [2.45, 2.75) is 18.9 Å². The Balaban J connectivity index is 1.45. The quantitative estimate of drug-likeness (QED) is 0.701. The minimum Gasteiger partial charge on any atom is -0.494 e. The Bertz CT molecular complexity index is 966. The molecular weight excluding hydrogens is 356 g/mol. The fourth-order valence-electron chi connectivity index (χ4n) is 3.28. The molecule has 2 aromatic carbocycles. The van der Waals surface area contributed by atoms with Gasteiger partial charge in [-0.1, -0.05) is 0 Å². The van der Waals surface area contributed by atoms with Gasteiger partial charge in [-0.3, -0.25) is 9.78 Å². The fraction of sp³-hybridized carbons (Fsp3) is 0.273. The van der Waals surface area contributed by atoms with Crippen LogP contribution in [0.3, 0.4) is 0 Å². The van der Waals surface area contributed by atoms with Gasteiger partial charge in [-0.2, -0.15) is 0 Å². The van der Waals surface area contributed by atoms with Gasteiger partial charge in [0.05, 0.1) is 18.9 Å². The minimum absolute atomic E-state index is 0.167. The SMILES string of the molecule is COc1ccc(NC(=O)c2ccc(OCC3CCCO3)cc2)c2cccnc12. The molecule has 1 aromatic heterocycles.